The summed E-state index contributed by atoms with van der Waals surface area (Å²) in [5.74, 6) is -0.730. The Kier molecular flexibility index (Phi) is 4.98. The lowest BCUT2D eigenvalue weighted by Gasteiger charge is -2.15. The Morgan fingerprint density at radius 2 is 1.81 bits per heavy atom. The van der Waals surface area contributed by atoms with Crippen molar-refractivity contribution in [3.8, 4) is 0 Å². The van der Waals surface area contributed by atoms with Crippen molar-refractivity contribution >= 4 is 15.7 Å². The molecule has 21 heavy (non-hydrogen) atoms. The van der Waals surface area contributed by atoms with Gasteiger partial charge in [-0.3, -0.25) is 4.79 Å². The summed E-state index contributed by atoms with van der Waals surface area (Å²) in [6, 6.07) is 1.11. The van der Waals surface area contributed by atoms with Crippen LogP contribution < -0.4 is 5.32 Å². The van der Waals surface area contributed by atoms with Crippen molar-refractivity contribution in [3.63, 3.8) is 0 Å². The number of nitrogens with zero attached hydrogens (tertiary/aromatic N) is 1. The number of alkyl halides is 3. The van der Waals surface area contributed by atoms with Gasteiger partial charge in [0.15, 0.2) is 5.03 Å². The normalized spacial score (nSPS) is 14.0. The Labute approximate surface area is 120 Å². The van der Waals surface area contributed by atoms with E-state index in [4.69, 9.17) is 0 Å². The molecule has 0 fully saturated rings. The van der Waals surface area contributed by atoms with E-state index in [9.17, 15) is 26.4 Å². The van der Waals surface area contributed by atoms with Gasteiger partial charge in [-0.1, -0.05) is 0 Å². The molecule has 118 valence electrons. The Bertz CT molecular complexity index is 610. The zero-order chi connectivity index (χ0) is 16.4. The van der Waals surface area contributed by atoms with E-state index < -0.39 is 37.8 Å². The van der Waals surface area contributed by atoms with E-state index in [1.54, 1.807) is 13.8 Å². The molecule has 0 spiro atoms. The number of halogens is 3. The lowest BCUT2D eigenvalue weighted by atomic mass is 10.3. The number of hydrogen-bond acceptors (Lipinski definition) is 4. The summed E-state index contributed by atoms with van der Waals surface area (Å²) in [7, 11) is -4.14. The van der Waals surface area contributed by atoms with Crippen LogP contribution in [0.1, 0.15) is 26.3 Å². The number of amides is 1. The first-order chi connectivity index (χ1) is 9.46. The van der Waals surface area contributed by atoms with Gasteiger partial charge >= 0.3 is 6.18 Å². The highest BCUT2D eigenvalue weighted by Crippen LogP contribution is 2.29. The van der Waals surface area contributed by atoms with Gasteiger partial charge in [-0.25, -0.2) is 13.4 Å². The number of pyridine rings is 1. The van der Waals surface area contributed by atoms with Crippen LogP contribution in [-0.2, 0) is 20.8 Å². The maximum absolute atomic E-state index is 12.4. The third-order valence-electron chi connectivity index (χ3n) is 2.62. The second kappa shape index (κ2) is 6.00. The van der Waals surface area contributed by atoms with Crippen LogP contribution in [0.2, 0.25) is 0 Å². The highest BCUT2D eigenvalue weighted by atomic mass is 32.2. The number of carbonyl (C=O) groups is 1. The second-order valence-corrected chi connectivity index (χ2v) is 6.95. The minimum Gasteiger partial charge on any atom is -0.353 e. The Morgan fingerprint density at radius 1 is 1.24 bits per heavy atom. The SMILES string of the molecule is CC(C)NC(=O)[C@@H](C)S(=O)(=O)c1ccc(C(F)(F)F)cn1. The molecule has 1 aromatic rings. The summed E-state index contributed by atoms with van der Waals surface area (Å²) < 4.78 is 61.4. The van der Waals surface area contributed by atoms with Gasteiger partial charge in [0, 0.05) is 12.2 Å². The second-order valence-electron chi connectivity index (χ2n) is 4.73. The van der Waals surface area contributed by atoms with Crippen LogP contribution in [0, 0.1) is 0 Å². The van der Waals surface area contributed by atoms with Gasteiger partial charge in [-0.05, 0) is 32.9 Å². The molecular formula is C12H15F3N2O3S. The molecule has 0 radical (unpaired) electrons. The van der Waals surface area contributed by atoms with E-state index >= 15 is 0 Å². The van der Waals surface area contributed by atoms with Crippen molar-refractivity contribution in [1.82, 2.24) is 10.3 Å². The number of sulfone groups is 1. The summed E-state index contributed by atoms with van der Waals surface area (Å²) >= 11 is 0. The first kappa shape index (κ1) is 17.4. The molecule has 9 heteroatoms. The van der Waals surface area contributed by atoms with Crippen LogP contribution in [0.5, 0.6) is 0 Å². The molecule has 0 saturated heterocycles. The lowest BCUT2D eigenvalue weighted by molar-refractivity contribution is -0.137. The van der Waals surface area contributed by atoms with E-state index in [2.05, 4.69) is 10.3 Å². The van der Waals surface area contributed by atoms with Crippen molar-refractivity contribution in [2.24, 2.45) is 0 Å². The van der Waals surface area contributed by atoms with E-state index in [1.165, 1.54) is 0 Å². The molecule has 1 N–H and O–H groups in total. The van der Waals surface area contributed by atoms with Crippen LogP contribution in [0.25, 0.3) is 0 Å². The van der Waals surface area contributed by atoms with Gasteiger partial charge in [0.05, 0.1) is 5.56 Å². The van der Waals surface area contributed by atoms with E-state index in [0.29, 0.717) is 12.3 Å². The van der Waals surface area contributed by atoms with Crippen LogP contribution in [0.4, 0.5) is 13.2 Å². The first-order valence-electron chi connectivity index (χ1n) is 6.03. The predicted octanol–water partition coefficient (Wildman–Crippen LogP) is 1.79. The van der Waals surface area contributed by atoms with E-state index in [-0.39, 0.29) is 6.04 Å². The third kappa shape index (κ3) is 4.16. The summed E-state index contributed by atoms with van der Waals surface area (Å²) in [4.78, 5) is 15.0. The molecule has 1 amide bonds. The van der Waals surface area contributed by atoms with Crippen LogP contribution in [-0.4, -0.2) is 30.6 Å². The fourth-order valence-electron chi connectivity index (χ4n) is 1.44. The molecule has 0 aromatic carbocycles. The lowest BCUT2D eigenvalue weighted by Crippen LogP contribution is -2.41. The molecule has 1 heterocycles. The predicted molar refractivity (Wildman–Crippen MR) is 69.2 cm³/mol. The number of rotatable bonds is 4. The monoisotopic (exact) mass is 324 g/mol. The van der Waals surface area contributed by atoms with Gasteiger partial charge in [0.25, 0.3) is 0 Å². The Hall–Kier alpha value is -1.64. The number of carbonyl (C=O) groups excluding carboxylic acids is 1. The number of hydrogen-bond donors (Lipinski definition) is 1. The number of aromatic nitrogens is 1. The first-order valence-corrected chi connectivity index (χ1v) is 7.58. The quantitative estimate of drug-likeness (QED) is 0.916. The molecule has 0 aliphatic rings. The number of nitrogens with one attached hydrogen (secondary N) is 1. The van der Waals surface area contributed by atoms with Gasteiger partial charge in [-0.15, -0.1) is 0 Å². The highest BCUT2D eigenvalue weighted by molar-refractivity contribution is 7.92. The highest BCUT2D eigenvalue weighted by Gasteiger charge is 2.34. The minimum absolute atomic E-state index is 0.254. The summed E-state index contributed by atoms with van der Waals surface area (Å²) in [6.07, 6.45) is -4.17. The van der Waals surface area contributed by atoms with Gasteiger partial charge in [0.2, 0.25) is 15.7 Å². The van der Waals surface area contributed by atoms with Crippen molar-refractivity contribution in [2.45, 2.75) is 43.3 Å². The topological polar surface area (TPSA) is 76.1 Å². The van der Waals surface area contributed by atoms with Gasteiger partial charge < -0.3 is 5.32 Å². The van der Waals surface area contributed by atoms with Crippen molar-refractivity contribution in [2.75, 3.05) is 0 Å². The van der Waals surface area contributed by atoms with Gasteiger partial charge in [0.1, 0.15) is 5.25 Å². The maximum Gasteiger partial charge on any atom is 0.417 e. The Balaban J connectivity index is 3.06. The van der Waals surface area contributed by atoms with E-state index in [1.807, 2.05) is 0 Å². The molecule has 1 rings (SSSR count). The average molecular weight is 324 g/mol. The fourth-order valence-corrected chi connectivity index (χ4v) is 2.61. The summed E-state index contributed by atoms with van der Waals surface area (Å²) in [6.45, 7) is 4.48. The smallest absolute Gasteiger partial charge is 0.353 e. The standard InChI is InChI=1S/C12H15F3N2O3S/c1-7(2)17-11(18)8(3)21(19,20)10-5-4-9(6-16-10)12(13,14)15/h4-8H,1-3H3,(H,17,18)/t8-/m1/s1. The molecule has 0 aliphatic heterocycles. The fraction of sp³-hybridized carbons (Fsp3) is 0.500. The van der Waals surface area contributed by atoms with Crippen molar-refractivity contribution < 1.29 is 26.4 Å². The minimum atomic E-state index is -4.60. The van der Waals surface area contributed by atoms with Crippen molar-refractivity contribution in [1.29, 1.82) is 0 Å². The van der Waals surface area contributed by atoms with Crippen molar-refractivity contribution in [3.05, 3.63) is 23.9 Å². The van der Waals surface area contributed by atoms with Crippen LogP contribution in [0.3, 0.4) is 0 Å². The zero-order valence-electron chi connectivity index (χ0n) is 11.6. The average Bonchev–Trinajstić information content (AvgIpc) is 2.36. The van der Waals surface area contributed by atoms with Gasteiger partial charge in [-0.2, -0.15) is 13.2 Å². The summed E-state index contributed by atoms with van der Waals surface area (Å²) in [5.41, 5.74) is -1.05. The zero-order valence-corrected chi connectivity index (χ0v) is 12.4. The van der Waals surface area contributed by atoms with Crippen LogP contribution in [0.15, 0.2) is 23.4 Å². The maximum atomic E-state index is 12.4. The molecular weight excluding hydrogens is 309 g/mol. The largest absolute Gasteiger partial charge is 0.417 e. The third-order valence-corrected chi connectivity index (χ3v) is 4.59. The summed E-state index contributed by atoms with van der Waals surface area (Å²) in [5, 5.41) is 0.420. The molecule has 0 aliphatic carbocycles. The Morgan fingerprint density at radius 3 is 2.19 bits per heavy atom. The molecule has 0 saturated carbocycles. The molecule has 0 bridgehead atoms. The molecule has 1 atom stereocenters. The molecule has 0 unspecified atom stereocenters. The molecule has 5 nitrogen and oxygen atoms in total. The molecule has 1 aromatic heterocycles. The van der Waals surface area contributed by atoms with E-state index in [0.717, 1.165) is 13.0 Å². The van der Waals surface area contributed by atoms with Crippen LogP contribution >= 0.6 is 0 Å².